The molecule has 20 aromatic rings. The number of rotatable bonds is 24. The Morgan fingerprint density at radius 3 is 1.07 bits per heavy atom. The number of anilines is 8. The van der Waals surface area contributed by atoms with Gasteiger partial charge in [0.1, 0.15) is 52.6 Å². The number of hydrogen-bond acceptors (Lipinski definition) is 25. The molecule has 4 amide bonds. The maximum absolute atomic E-state index is 12.8. The molecule has 37 heteroatoms. The van der Waals surface area contributed by atoms with Crippen molar-refractivity contribution in [1.82, 2.24) is 104 Å². The van der Waals surface area contributed by atoms with Gasteiger partial charge in [-0.3, -0.25) is 42.9 Å². The van der Waals surface area contributed by atoms with Crippen molar-refractivity contribution >= 4 is 114 Å². The van der Waals surface area contributed by atoms with Gasteiger partial charge in [-0.15, -0.1) is 0 Å². The predicted molar refractivity (Wildman–Crippen MR) is 571 cm³/mol. The van der Waals surface area contributed by atoms with Crippen molar-refractivity contribution in [3.8, 4) is 90.3 Å². The van der Waals surface area contributed by atoms with E-state index in [1.807, 2.05) is 271 Å². The third-order valence-corrected chi connectivity index (χ3v) is 26.1. The molecule has 744 valence electrons. The van der Waals surface area contributed by atoms with E-state index in [-0.39, 0.29) is 49.3 Å². The van der Waals surface area contributed by atoms with Gasteiger partial charge in [-0.2, -0.15) is 20.4 Å². The minimum absolute atomic E-state index is 0.0813. The van der Waals surface area contributed by atoms with Crippen LogP contribution in [-0.4, -0.2) is 233 Å². The molecular formula is C111H107N29O8. The van der Waals surface area contributed by atoms with Crippen LogP contribution in [0.1, 0.15) is 22.8 Å². The van der Waals surface area contributed by atoms with Gasteiger partial charge < -0.3 is 79.8 Å². The van der Waals surface area contributed by atoms with Crippen LogP contribution < -0.4 is 40.9 Å². The number of aromatic nitrogens is 21. The van der Waals surface area contributed by atoms with Crippen LogP contribution >= 0.6 is 0 Å². The summed E-state index contributed by atoms with van der Waals surface area (Å²) in [7, 11) is 7.42. The molecule has 0 atom stereocenters. The predicted octanol–water partition coefficient (Wildman–Crippen LogP) is 15.6. The molecule has 7 aromatic carbocycles. The Morgan fingerprint density at radius 2 is 0.649 bits per heavy atom. The molecule has 0 unspecified atom stereocenters. The largest absolute Gasteiger partial charge is 0.378 e. The summed E-state index contributed by atoms with van der Waals surface area (Å²) in [4.78, 5) is 114. The summed E-state index contributed by atoms with van der Waals surface area (Å²) in [6.45, 7) is 12.0. The highest BCUT2D eigenvalue weighted by Crippen LogP contribution is 2.37. The SMILES string of the molecule is Cn1nc(-c2ccccc2)cc1CC(=O)Nc1ccc(-c2cc3c(N4CCOCC4)nccc3[nH]2)cc1.Cn1nc(-c2ccccc2)cc1CC(=O)Nc1ccc(-c2cc3c(N4CCOCC4)ncnc3[nH]2)cc1.Cn1nc(-c2ccccc2)cc1CC(=O)Nc1ccc(-c2nc3ncnc(N4CCOCC4)c3[nH]2)cc1.Cn1nc(-c2ccncc2)cc1CC(=O)Nc1ccc(-c2nc3c(N4CCOCC4)nccc3[nH]2)cc1. The van der Waals surface area contributed by atoms with E-state index >= 15 is 0 Å². The second-order valence-electron chi connectivity index (χ2n) is 36.0. The van der Waals surface area contributed by atoms with E-state index < -0.39 is 0 Å². The van der Waals surface area contributed by atoms with Crippen molar-refractivity contribution in [3.05, 3.63) is 309 Å². The van der Waals surface area contributed by atoms with Crippen LogP contribution in [0.25, 0.3) is 134 Å². The van der Waals surface area contributed by atoms with Crippen LogP contribution in [0, 0.1) is 0 Å². The molecule has 4 aliphatic rings. The van der Waals surface area contributed by atoms with E-state index in [1.165, 1.54) is 0 Å². The van der Waals surface area contributed by atoms with Gasteiger partial charge in [-0.25, -0.2) is 39.9 Å². The fraction of sp³-hybridized carbons (Fsp3) is 0.216. The Kier molecular flexibility index (Phi) is 28.8. The van der Waals surface area contributed by atoms with Crippen LogP contribution in [-0.2, 0) is 92.0 Å². The number of morpholine rings is 4. The highest BCUT2D eigenvalue weighted by atomic mass is 16.5. The maximum Gasteiger partial charge on any atom is 0.230 e. The summed E-state index contributed by atoms with van der Waals surface area (Å²) in [6, 6.07) is 80.5. The van der Waals surface area contributed by atoms with Gasteiger partial charge in [-0.05, 0) is 145 Å². The summed E-state index contributed by atoms with van der Waals surface area (Å²) in [5.41, 5.74) is 24.6. The number of aryl methyl sites for hydroxylation is 4. The summed E-state index contributed by atoms with van der Waals surface area (Å²) in [6.07, 6.45) is 11.2. The lowest BCUT2D eigenvalue weighted by atomic mass is 10.1. The summed E-state index contributed by atoms with van der Waals surface area (Å²) in [5, 5.41) is 32.2. The number of hydrogen-bond donors (Lipinski definition) is 8. The second-order valence-corrected chi connectivity index (χ2v) is 36.0. The average Bonchev–Trinajstić information content (AvgIpc) is 1.65. The van der Waals surface area contributed by atoms with Crippen LogP contribution in [0.15, 0.2) is 286 Å². The van der Waals surface area contributed by atoms with Crippen molar-refractivity contribution < 1.29 is 38.1 Å². The molecule has 4 fully saturated rings. The topological polar surface area (TPSA) is 417 Å². The van der Waals surface area contributed by atoms with Gasteiger partial charge in [0, 0.05) is 201 Å². The van der Waals surface area contributed by atoms with Crippen molar-refractivity contribution in [2.45, 2.75) is 25.7 Å². The van der Waals surface area contributed by atoms with Gasteiger partial charge in [0.05, 0.1) is 118 Å². The monoisotopic (exact) mass is 1970 g/mol. The number of carbonyl (C=O) groups is 4. The van der Waals surface area contributed by atoms with Gasteiger partial charge >= 0.3 is 0 Å². The number of carbonyl (C=O) groups excluding carboxylic acids is 4. The lowest BCUT2D eigenvalue weighted by Gasteiger charge is -2.28. The number of fused-ring (bicyclic) bond motifs is 4. The molecule has 4 saturated heterocycles. The standard InChI is InChI=1S/C29H28N6O2.C28H27N7O2.2C27H26N8O2/c1-34-23(17-27(33-34)20-5-3-2-4-6-20)18-28(36)31-22-9-7-21(8-10-22)26-19-24-25(32-26)11-12-30-29(24)35-13-15-37-16-14-35;1-34-22(15-25(33-34)19-5-3-2-4-6-19)16-26(36)31-21-9-7-20(8-10-21)24-17-23-27(32-24)29-18-30-28(23)35-11-13-37-14-12-35;1-34-21(16-23(33-34)18-6-9-28-10-7-18)17-24(36)30-20-4-2-19(3-5-20)26-31-22-8-11-29-27(25(22)32-26)35-12-14-37-15-13-35;1-34-21(15-22(33-34)18-5-3-2-4-6-18)16-23(36)30-20-9-7-19(8-10-20)25-31-24-26(32-25)28-17-29-27(24)35-11-13-37-14-12-35/h2-12,17,19,32H,13-16,18H2,1H3,(H,31,36);2-10,15,17-18H,11-14,16H2,1H3,(H,31,36)(H,29,30,32);2-11,16H,12-15,17H2,1H3,(H,30,36)(H,31,32);2-10,15,17H,11-14,16H2,1H3,(H,30,36)(H,28,29,31,32). The zero-order valence-corrected chi connectivity index (χ0v) is 81.9. The fourth-order valence-electron chi connectivity index (χ4n) is 18.3. The molecule has 37 nitrogen and oxygen atoms in total. The number of nitrogens with one attached hydrogen (secondary N) is 8. The van der Waals surface area contributed by atoms with Gasteiger partial charge in [-0.1, -0.05) is 115 Å². The molecule has 148 heavy (non-hydrogen) atoms. The number of ether oxygens (including phenoxy) is 4. The minimum Gasteiger partial charge on any atom is -0.378 e. The first-order chi connectivity index (χ1) is 72.5. The molecular weight excluding hydrogens is 1870 g/mol. The molecule has 0 bridgehead atoms. The summed E-state index contributed by atoms with van der Waals surface area (Å²) < 4.78 is 28.9. The van der Waals surface area contributed by atoms with Crippen molar-refractivity contribution in [3.63, 3.8) is 0 Å². The first-order valence-corrected chi connectivity index (χ1v) is 49.0. The Bertz CT molecular complexity index is 7080. The number of imidazole rings is 2. The third-order valence-electron chi connectivity index (χ3n) is 26.1. The number of pyridine rings is 3. The molecule has 8 N–H and O–H groups in total. The zero-order chi connectivity index (χ0) is 101. The molecule has 13 aromatic heterocycles. The molecule has 4 aliphatic heterocycles. The highest BCUT2D eigenvalue weighted by Gasteiger charge is 2.26. The van der Waals surface area contributed by atoms with Crippen LogP contribution in [0.5, 0.6) is 0 Å². The quantitative estimate of drug-likeness (QED) is 0.0278. The van der Waals surface area contributed by atoms with E-state index in [0.29, 0.717) is 56.8 Å². The van der Waals surface area contributed by atoms with Crippen molar-refractivity contribution in [2.75, 3.05) is 146 Å². The molecule has 0 spiro atoms. The number of nitrogens with zero attached hydrogens (tertiary/aromatic N) is 21. The minimum atomic E-state index is -0.109. The van der Waals surface area contributed by atoms with E-state index in [2.05, 4.69) is 133 Å². The van der Waals surface area contributed by atoms with E-state index in [0.717, 1.165) is 252 Å². The molecule has 0 aliphatic carbocycles. The highest BCUT2D eigenvalue weighted by molar-refractivity contribution is 5.99. The molecule has 17 heterocycles. The molecule has 24 rings (SSSR count). The lowest BCUT2D eigenvalue weighted by Crippen LogP contribution is -2.36. The zero-order valence-electron chi connectivity index (χ0n) is 81.9. The van der Waals surface area contributed by atoms with Crippen LogP contribution in [0.2, 0.25) is 0 Å². The Hall–Kier alpha value is -18.1. The summed E-state index contributed by atoms with van der Waals surface area (Å²) in [5.74, 6) is 4.68. The van der Waals surface area contributed by atoms with Gasteiger partial charge in [0.15, 0.2) is 17.3 Å². The van der Waals surface area contributed by atoms with Crippen molar-refractivity contribution in [2.24, 2.45) is 28.2 Å². The lowest BCUT2D eigenvalue weighted by molar-refractivity contribution is -0.116. The number of amides is 4. The van der Waals surface area contributed by atoms with Gasteiger partial charge in [0.25, 0.3) is 0 Å². The number of benzene rings is 7. The molecule has 0 radical (unpaired) electrons. The number of aromatic amines is 4. The Morgan fingerprint density at radius 1 is 0.304 bits per heavy atom. The first-order valence-electron chi connectivity index (χ1n) is 49.0. The van der Waals surface area contributed by atoms with Crippen molar-refractivity contribution in [1.29, 1.82) is 0 Å². The fourth-order valence-corrected chi connectivity index (χ4v) is 18.3. The van der Waals surface area contributed by atoms with Crippen LogP contribution in [0.3, 0.4) is 0 Å². The third kappa shape index (κ3) is 22.6. The van der Waals surface area contributed by atoms with E-state index in [1.54, 1.807) is 50.0 Å². The maximum atomic E-state index is 12.8. The van der Waals surface area contributed by atoms with Gasteiger partial charge in [0.2, 0.25) is 23.6 Å². The second kappa shape index (κ2) is 44.4. The Balaban J connectivity index is 0.000000116. The van der Waals surface area contributed by atoms with E-state index in [4.69, 9.17) is 23.9 Å². The summed E-state index contributed by atoms with van der Waals surface area (Å²) >= 11 is 0. The first kappa shape index (κ1) is 96.1. The van der Waals surface area contributed by atoms with E-state index in [9.17, 15) is 19.2 Å². The average molecular weight is 1980 g/mol. The Labute approximate surface area is 850 Å². The molecule has 0 saturated carbocycles. The normalized spacial score (nSPS) is 13.7. The smallest absolute Gasteiger partial charge is 0.230 e. The van der Waals surface area contributed by atoms with Crippen LogP contribution in [0.4, 0.5) is 46.0 Å². The number of H-pyrrole nitrogens is 4.